The summed E-state index contributed by atoms with van der Waals surface area (Å²) in [6.45, 7) is 6.67. The third-order valence-electron chi connectivity index (χ3n) is 4.62. The van der Waals surface area contributed by atoms with E-state index in [1.807, 2.05) is 61.2 Å². The molecule has 0 bridgehead atoms. The van der Waals surface area contributed by atoms with Crippen LogP contribution in [0, 0.1) is 0 Å². The van der Waals surface area contributed by atoms with Gasteiger partial charge in [-0.1, -0.05) is 34.1 Å². The van der Waals surface area contributed by atoms with Gasteiger partial charge in [0.15, 0.2) is 0 Å². The van der Waals surface area contributed by atoms with E-state index >= 15 is 0 Å². The maximum absolute atomic E-state index is 13.0. The van der Waals surface area contributed by atoms with Crippen molar-refractivity contribution in [2.45, 2.75) is 20.0 Å². The van der Waals surface area contributed by atoms with Crippen LogP contribution >= 0.6 is 15.9 Å². The summed E-state index contributed by atoms with van der Waals surface area (Å²) in [4.78, 5) is 29.1. The lowest BCUT2D eigenvalue weighted by molar-refractivity contribution is -0.117. The van der Waals surface area contributed by atoms with Gasteiger partial charge in [0.2, 0.25) is 5.91 Å². The monoisotopic (exact) mass is 459 g/mol. The highest BCUT2D eigenvalue weighted by molar-refractivity contribution is 9.10. The smallest absolute Gasteiger partial charge is 0.257 e. The van der Waals surface area contributed by atoms with Gasteiger partial charge >= 0.3 is 0 Å². The highest BCUT2D eigenvalue weighted by atomic mass is 79.9. The van der Waals surface area contributed by atoms with Crippen LogP contribution in [-0.4, -0.2) is 60.4 Å². The van der Waals surface area contributed by atoms with E-state index in [1.165, 1.54) is 0 Å². The molecule has 6 nitrogen and oxygen atoms in total. The van der Waals surface area contributed by atoms with Gasteiger partial charge < -0.3 is 15.0 Å². The van der Waals surface area contributed by atoms with Crippen molar-refractivity contribution in [3.8, 4) is 5.75 Å². The van der Waals surface area contributed by atoms with E-state index in [1.54, 1.807) is 6.07 Å². The third kappa shape index (κ3) is 6.05. The fraction of sp³-hybridized carbons (Fsp3) is 0.364. The number of piperazine rings is 1. The van der Waals surface area contributed by atoms with E-state index in [0.717, 1.165) is 10.2 Å². The first kappa shape index (κ1) is 21.3. The summed E-state index contributed by atoms with van der Waals surface area (Å²) >= 11 is 3.44. The molecule has 2 amide bonds. The van der Waals surface area contributed by atoms with Gasteiger partial charge in [0, 0.05) is 36.3 Å². The van der Waals surface area contributed by atoms with Crippen LogP contribution in [0.2, 0.25) is 0 Å². The number of nitrogens with zero attached hydrogens (tertiary/aromatic N) is 2. The Balaban J connectivity index is 1.55. The Morgan fingerprint density at radius 3 is 2.41 bits per heavy atom. The number of amides is 2. The largest absolute Gasteiger partial charge is 0.490 e. The molecule has 154 valence electrons. The molecule has 1 N–H and O–H groups in total. The molecular weight excluding hydrogens is 434 g/mol. The normalized spacial score (nSPS) is 14.7. The molecule has 1 saturated heterocycles. The van der Waals surface area contributed by atoms with E-state index in [9.17, 15) is 9.59 Å². The topological polar surface area (TPSA) is 61.9 Å². The fourth-order valence-electron chi connectivity index (χ4n) is 3.23. The van der Waals surface area contributed by atoms with E-state index in [2.05, 4.69) is 26.1 Å². The van der Waals surface area contributed by atoms with Gasteiger partial charge in [-0.2, -0.15) is 0 Å². The van der Waals surface area contributed by atoms with Gasteiger partial charge in [0.25, 0.3) is 5.91 Å². The standard InChI is InChI=1S/C22H26BrN3O3/c1-16(2)29-20-14-17(23)8-9-19(20)22(28)26-12-10-25(11-13-26)15-21(27)24-18-6-4-3-5-7-18/h3-9,14,16H,10-13,15H2,1-2H3,(H,24,27). The number of ether oxygens (including phenoxy) is 1. The summed E-state index contributed by atoms with van der Waals surface area (Å²) in [6.07, 6.45) is -0.0178. The van der Waals surface area contributed by atoms with Crippen molar-refractivity contribution in [3.05, 3.63) is 58.6 Å². The Labute approximate surface area is 180 Å². The van der Waals surface area contributed by atoms with Gasteiger partial charge in [-0.25, -0.2) is 0 Å². The molecule has 0 atom stereocenters. The maximum atomic E-state index is 13.0. The average molecular weight is 460 g/mol. The maximum Gasteiger partial charge on any atom is 0.257 e. The predicted molar refractivity (Wildman–Crippen MR) is 117 cm³/mol. The first-order valence-corrected chi connectivity index (χ1v) is 10.5. The minimum atomic E-state index is -0.0449. The number of para-hydroxylation sites is 1. The van der Waals surface area contributed by atoms with Crippen LogP contribution in [0.3, 0.4) is 0 Å². The van der Waals surface area contributed by atoms with Gasteiger partial charge in [-0.3, -0.25) is 14.5 Å². The highest BCUT2D eigenvalue weighted by Crippen LogP contribution is 2.26. The van der Waals surface area contributed by atoms with Crippen LogP contribution in [0.25, 0.3) is 0 Å². The first-order chi connectivity index (χ1) is 13.9. The number of hydrogen-bond donors (Lipinski definition) is 1. The average Bonchev–Trinajstić information content (AvgIpc) is 2.68. The Hall–Kier alpha value is -2.38. The molecule has 0 spiro atoms. The van der Waals surface area contributed by atoms with Crippen LogP contribution in [0.15, 0.2) is 53.0 Å². The molecule has 1 heterocycles. The zero-order chi connectivity index (χ0) is 20.8. The second-order valence-corrected chi connectivity index (χ2v) is 8.21. The molecule has 0 radical (unpaired) electrons. The molecule has 0 unspecified atom stereocenters. The summed E-state index contributed by atoms with van der Waals surface area (Å²) in [5.74, 6) is 0.502. The predicted octanol–water partition coefficient (Wildman–Crippen LogP) is 3.63. The molecule has 0 saturated carbocycles. The molecule has 1 fully saturated rings. The zero-order valence-corrected chi connectivity index (χ0v) is 18.3. The summed E-state index contributed by atoms with van der Waals surface area (Å²) in [5, 5.41) is 2.90. The highest BCUT2D eigenvalue weighted by Gasteiger charge is 2.25. The van der Waals surface area contributed by atoms with Crippen molar-refractivity contribution in [1.82, 2.24) is 9.80 Å². The molecule has 7 heteroatoms. The Bertz CT molecular complexity index is 850. The number of halogens is 1. The lowest BCUT2D eigenvalue weighted by atomic mass is 10.1. The second-order valence-electron chi connectivity index (χ2n) is 7.29. The van der Waals surface area contributed by atoms with Crippen molar-refractivity contribution < 1.29 is 14.3 Å². The van der Waals surface area contributed by atoms with Crippen molar-refractivity contribution in [3.63, 3.8) is 0 Å². The minimum Gasteiger partial charge on any atom is -0.490 e. The summed E-state index contributed by atoms with van der Waals surface area (Å²) in [6, 6.07) is 14.9. The molecule has 0 aromatic heterocycles. The second kappa shape index (κ2) is 9.89. The Morgan fingerprint density at radius 2 is 1.76 bits per heavy atom. The summed E-state index contributed by atoms with van der Waals surface area (Å²) < 4.78 is 6.70. The lowest BCUT2D eigenvalue weighted by Crippen LogP contribution is -2.50. The number of benzene rings is 2. The molecule has 3 rings (SSSR count). The fourth-order valence-corrected chi connectivity index (χ4v) is 3.57. The quantitative estimate of drug-likeness (QED) is 0.716. The van der Waals surface area contributed by atoms with E-state index in [0.29, 0.717) is 44.0 Å². The SMILES string of the molecule is CC(C)Oc1cc(Br)ccc1C(=O)N1CCN(CC(=O)Nc2ccccc2)CC1. The Morgan fingerprint density at radius 1 is 1.07 bits per heavy atom. The minimum absolute atomic E-state index is 0.0178. The number of carbonyl (C=O) groups excluding carboxylic acids is 2. The van der Waals surface area contributed by atoms with Gasteiger partial charge in [0.1, 0.15) is 5.75 Å². The first-order valence-electron chi connectivity index (χ1n) is 9.75. The summed E-state index contributed by atoms with van der Waals surface area (Å²) in [7, 11) is 0. The number of rotatable bonds is 6. The van der Waals surface area contributed by atoms with E-state index < -0.39 is 0 Å². The zero-order valence-electron chi connectivity index (χ0n) is 16.7. The number of nitrogens with one attached hydrogen (secondary N) is 1. The Kier molecular flexibility index (Phi) is 7.28. The number of carbonyl (C=O) groups is 2. The molecule has 1 aliphatic rings. The van der Waals surface area contributed by atoms with Crippen molar-refractivity contribution >= 4 is 33.4 Å². The molecule has 2 aromatic carbocycles. The van der Waals surface area contributed by atoms with Crippen molar-refractivity contribution in [1.29, 1.82) is 0 Å². The van der Waals surface area contributed by atoms with Crippen LogP contribution in [-0.2, 0) is 4.79 Å². The number of hydrogen-bond acceptors (Lipinski definition) is 4. The molecular formula is C22H26BrN3O3. The van der Waals surface area contributed by atoms with Gasteiger partial charge in [0.05, 0.1) is 18.2 Å². The van der Waals surface area contributed by atoms with Crippen molar-refractivity contribution in [2.24, 2.45) is 0 Å². The van der Waals surface area contributed by atoms with Gasteiger partial charge in [-0.15, -0.1) is 0 Å². The number of anilines is 1. The molecule has 0 aliphatic carbocycles. The van der Waals surface area contributed by atoms with E-state index in [4.69, 9.17) is 4.74 Å². The van der Waals surface area contributed by atoms with Crippen LogP contribution in [0.4, 0.5) is 5.69 Å². The summed E-state index contributed by atoms with van der Waals surface area (Å²) in [5.41, 5.74) is 1.36. The lowest BCUT2D eigenvalue weighted by Gasteiger charge is -2.34. The van der Waals surface area contributed by atoms with Gasteiger partial charge in [-0.05, 0) is 44.2 Å². The third-order valence-corrected chi connectivity index (χ3v) is 5.11. The van der Waals surface area contributed by atoms with Crippen LogP contribution in [0.1, 0.15) is 24.2 Å². The van der Waals surface area contributed by atoms with Crippen LogP contribution < -0.4 is 10.1 Å². The van der Waals surface area contributed by atoms with E-state index in [-0.39, 0.29) is 17.9 Å². The van der Waals surface area contributed by atoms with Crippen LogP contribution in [0.5, 0.6) is 5.75 Å². The molecule has 1 aliphatic heterocycles. The molecule has 2 aromatic rings. The van der Waals surface area contributed by atoms with Crippen molar-refractivity contribution in [2.75, 3.05) is 38.0 Å². The molecule has 29 heavy (non-hydrogen) atoms.